The number of carbonyl (C=O) groups excluding carboxylic acids is 1. The van der Waals surface area contributed by atoms with Crippen LogP contribution in [-0.2, 0) is 14.8 Å². The highest BCUT2D eigenvalue weighted by Gasteiger charge is 2.27. The van der Waals surface area contributed by atoms with Crippen LogP contribution in [0.3, 0.4) is 0 Å². The Kier molecular flexibility index (Phi) is 7.19. The van der Waals surface area contributed by atoms with E-state index in [2.05, 4.69) is 10.2 Å². The predicted molar refractivity (Wildman–Crippen MR) is 115 cm³/mol. The van der Waals surface area contributed by atoms with Gasteiger partial charge in [-0.2, -0.15) is 4.31 Å². The number of furan rings is 1. The van der Waals surface area contributed by atoms with Crippen molar-refractivity contribution < 1.29 is 22.4 Å². The highest BCUT2D eigenvalue weighted by Crippen LogP contribution is 2.25. The first-order chi connectivity index (χ1) is 15.1. The zero-order valence-electron chi connectivity index (χ0n) is 17.5. The molecule has 0 spiro atoms. The Morgan fingerprint density at radius 2 is 1.74 bits per heavy atom. The van der Waals surface area contributed by atoms with Crippen molar-refractivity contribution in [2.24, 2.45) is 0 Å². The fraction of sp³-hybridized carbons (Fsp3) is 0.500. The van der Waals surface area contributed by atoms with Gasteiger partial charge in [-0.1, -0.05) is 12.1 Å². The van der Waals surface area contributed by atoms with E-state index in [0.717, 1.165) is 18.8 Å². The molecule has 2 fully saturated rings. The molecule has 1 N–H and O–H groups in total. The van der Waals surface area contributed by atoms with Crippen molar-refractivity contribution in [3.63, 3.8) is 0 Å². The van der Waals surface area contributed by atoms with Crippen molar-refractivity contribution in [3.05, 3.63) is 54.0 Å². The van der Waals surface area contributed by atoms with Crippen LogP contribution in [0.15, 0.2) is 52.0 Å². The number of likely N-dealkylation sites (tertiary alicyclic amines) is 1. The fourth-order valence-corrected chi connectivity index (χ4v) is 5.53. The molecule has 9 heteroatoms. The van der Waals surface area contributed by atoms with Gasteiger partial charge in [-0.25, -0.2) is 8.42 Å². The largest absolute Gasteiger partial charge is 0.468 e. The first-order valence-corrected chi connectivity index (χ1v) is 12.2. The van der Waals surface area contributed by atoms with Crippen molar-refractivity contribution in [3.8, 4) is 0 Å². The van der Waals surface area contributed by atoms with Crippen molar-refractivity contribution in [2.45, 2.75) is 23.8 Å². The predicted octanol–water partition coefficient (Wildman–Crippen LogP) is 1.91. The van der Waals surface area contributed by atoms with Gasteiger partial charge in [0.2, 0.25) is 10.0 Å². The third-order valence-electron chi connectivity index (χ3n) is 5.86. The highest BCUT2D eigenvalue weighted by atomic mass is 32.2. The van der Waals surface area contributed by atoms with Gasteiger partial charge in [0.05, 0.1) is 37.0 Å². The monoisotopic (exact) mass is 447 g/mol. The molecular formula is C22H29N3O5S. The van der Waals surface area contributed by atoms with Crippen LogP contribution in [0.4, 0.5) is 0 Å². The van der Waals surface area contributed by atoms with Gasteiger partial charge in [-0.05, 0) is 50.2 Å². The lowest BCUT2D eigenvalue weighted by Gasteiger charge is -2.26. The van der Waals surface area contributed by atoms with E-state index in [9.17, 15) is 13.2 Å². The Morgan fingerprint density at radius 3 is 2.39 bits per heavy atom. The summed E-state index contributed by atoms with van der Waals surface area (Å²) in [7, 11) is -3.56. The average molecular weight is 448 g/mol. The third-order valence-corrected chi connectivity index (χ3v) is 7.77. The SMILES string of the molecule is O=C(CNCC(c1ccco1)N1CCCC1)c1ccc(S(=O)(=O)N2CCOCC2)cc1. The summed E-state index contributed by atoms with van der Waals surface area (Å²) in [5, 5.41) is 3.25. The average Bonchev–Trinajstić information content (AvgIpc) is 3.52. The van der Waals surface area contributed by atoms with Gasteiger partial charge in [0.1, 0.15) is 5.76 Å². The number of nitrogens with one attached hydrogen (secondary N) is 1. The Bertz CT molecular complexity index is 948. The quantitative estimate of drug-likeness (QED) is 0.587. The van der Waals surface area contributed by atoms with Gasteiger partial charge >= 0.3 is 0 Å². The number of benzene rings is 1. The summed E-state index contributed by atoms with van der Waals surface area (Å²) < 4.78 is 37.7. The Balaban J connectivity index is 1.34. The molecule has 0 amide bonds. The van der Waals surface area contributed by atoms with E-state index in [1.54, 1.807) is 18.4 Å². The Labute approximate surface area is 183 Å². The van der Waals surface area contributed by atoms with Gasteiger partial charge < -0.3 is 14.5 Å². The number of sulfonamides is 1. The van der Waals surface area contributed by atoms with Gasteiger partial charge in [0.25, 0.3) is 0 Å². The molecule has 3 heterocycles. The summed E-state index contributed by atoms with van der Waals surface area (Å²) in [6.45, 7) is 4.35. The van der Waals surface area contributed by atoms with Gasteiger partial charge in [0, 0.05) is 25.2 Å². The first kappa shape index (κ1) is 22.2. The number of morpholine rings is 1. The summed E-state index contributed by atoms with van der Waals surface area (Å²) >= 11 is 0. The minimum absolute atomic E-state index is 0.0741. The van der Waals surface area contributed by atoms with E-state index < -0.39 is 10.0 Å². The van der Waals surface area contributed by atoms with E-state index in [0.29, 0.717) is 38.4 Å². The van der Waals surface area contributed by atoms with Crippen LogP contribution in [0.5, 0.6) is 0 Å². The second kappa shape index (κ2) is 10.1. The molecule has 2 saturated heterocycles. The molecule has 1 aromatic heterocycles. The van der Waals surface area contributed by atoms with E-state index >= 15 is 0 Å². The van der Waals surface area contributed by atoms with Gasteiger partial charge in [-0.3, -0.25) is 9.69 Å². The van der Waals surface area contributed by atoms with Crippen LogP contribution in [-0.4, -0.2) is 75.9 Å². The maximum absolute atomic E-state index is 12.7. The number of hydrogen-bond donors (Lipinski definition) is 1. The Hall–Kier alpha value is -2.04. The lowest BCUT2D eigenvalue weighted by molar-refractivity contribution is 0.0730. The second-order valence-corrected chi connectivity index (χ2v) is 9.81. The molecule has 1 atom stereocenters. The second-order valence-electron chi connectivity index (χ2n) is 7.87. The lowest BCUT2D eigenvalue weighted by Crippen LogP contribution is -2.40. The number of hydrogen-bond acceptors (Lipinski definition) is 7. The standard InChI is InChI=1S/C22H29N3O5S/c26-21(17-23-16-20(22-4-3-13-30-22)24-9-1-2-10-24)18-5-7-19(8-6-18)31(27,28)25-11-14-29-15-12-25/h3-8,13,20,23H,1-2,9-12,14-17H2. The van der Waals surface area contributed by atoms with Crippen molar-refractivity contribution in [1.29, 1.82) is 0 Å². The molecule has 2 aliphatic rings. The smallest absolute Gasteiger partial charge is 0.243 e. The number of nitrogens with zero attached hydrogens (tertiary/aromatic N) is 2. The van der Waals surface area contributed by atoms with Crippen LogP contribution in [0.2, 0.25) is 0 Å². The molecule has 2 aromatic rings. The minimum Gasteiger partial charge on any atom is -0.468 e. The van der Waals surface area contributed by atoms with Crippen LogP contribution < -0.4 is 5.32 Å². The molecule has 31 heavy (non-hydrogen) atoms. The normalized spacial score (nSPS) is 19.5. The fourth-order valence-electron chi connectivity index (χ4n) is 4.12. The minimum atomic E-state index is -3.56. The maximum Gasteiger partial charge on any atom is 0.243 e. The van der Waals surface area contributed by atoms with Crippen molar-refractivity contribution >= 4 is 15.8 Å². The molecule has 168 valence electrons. The molecule has 0 saturated carbocycles. The molecule has 0 aliphatic carbocycles. The summed E-state index contributed by atoms with van der Waals surface area (Å²) in [4.78, 5) is 15.2. The number of carbonyl (C=O) groups is 1. The zero-order valence-corrected chi connectivity index (χ0v) is 18.4. The topological polar surface area (TPSA) is 92.1 Å². The van der Waals surface area contributed by atoms with Crippen LogP contribution in [0.1, 0.15) is 35.0 Å². The van der Waals surface area contributed by atoms with Crippen LogP contribution in [0.25, 0.3) is 0 Å². The van der Waals surface area contributed by atoms with E-state index in [4.69, 9.17) is 9.15 Å². The lowest BCUT2D eigenvalue weighted by atomic mass is 10.1. The zero-order chi connectivity index (χ0) is 21.7. The number of Topliss-reactive ketones (excluding diaryl/α,β-unsaturated/α-hetero) is 1. The number of ether oxygens (including phenoxy) is 1. The summed E-state index contributed by atoms with van der Waals surface area (Å²) in [5.41, 5.74) is 0.490. The Morgan fingerprint density at radius 1 is 1.03 bits per heavy atom. The molecular weight excluding hydrogens is 418 g/mol. The van der Waals surface area contributed by atoms with Crippen LogP contribution in [0, 0.1) is 0 Å². The molecule has 4 rings (SSSR count). The number of ketones is 1. The summed E-state index contributed by atoms with van der Waals surface area (Å²) in [5.74, 6) is 0.828. The highest BCUT2D eigenvalue weighted by molar-refractivity contribution is 7.89. The maximum atomic E-state index is 12.7. The molecule has 0 bridgehead atoms. The third kappa shape index (κ3) is 5.24. The van der Waals surface area contributed by atoms with Gasteiger partial charge in [0.15, 0.2) is 5.78 Å². The van der Waals surface area contributed by atoms with Gasteiger partial charge in [-0.15, -0.1) is 0 Å². The van der Waals surface area contributed by atoms with E-state index in [-0.39, 0.29) is 23.3 Å². The van der Waals surface area contributed by atoms with Crippen molar-refractivity contribution in [2.75, 3.05) is 52.5 Å². The number of rotatable bonds is 9. The van der Waals surface area contributed by atoms with Crippen LogP contribution >= 0.6 is 0 Å². The molecule has 1 unspecified atom stereocenters. The molecule has 0 radical (unpaired) electrons. The van der Waals surface area contributed by atoms with E-state index in [1.807, 2.05) is 12.1 Å². The van der Waals surface area contributed by atoms with E-state index in [1.165, 1.54) is 29.3 Å². The molecule has 1 aromatic carbocycles. The molecule has 8 nitrogen and oxygen atoms in total. The molecule has 2 aliphatic heterocycles. The van der Waals surface area contributed by atoms with Crippen molar-refractivity contribution in [1.82, 2.24) is 14.5 Å². The summed E-state index contributed by atoms with van der Waals surface area (Å²) in [6.07, 6.45) is 4.03. The summed E-state index contributed by atoms with van der Waals surface area (Å²) in [6, 6.07) is 10.1. The first-order valence-electron chi connectivity index (χ1n) is 10.7.